The molecule has 2 aromatic rings. The number of carbonyl (C=O) groups is 2. The van der Waals surface area contributed by atoms with Gasteiger partial charge in [0.25, 0.3) is 0 Å². The lowest BCUT2D eigenvalue weighted by Gasteiger charge is -2.02. The molecule has 2 rings (SSSR count). The van der Waals surface area contributed by atoms with Gasteiger partial charge in [-0.05, 0) is 6.92 Å². The van der Waals surface area contributed by atoms with Gasteiger partial charge in [-0.25, -0.2) is 4.98 Å². The topological polar surface area (TPSA) is 68.3 Å². The smallest absolute Gasteiger partial charge is 0.306 e. The largest absolute Gasteiger partial charge is 0.466 e. The molecule has 0 aliphatic heterocycles. The molecular weight excluding hydrogens is 288 g/mol. The van der Waals surface area contributed by atoms with Crippen molar-refractivity contribution in [3.8, 4) is 11.3 Å². The van der Waals surface area contributed by atoms with Gasteiger partial charge in [0, 0.05) is 17.4 Å². The number of hydrogen-bond acceptors (Lipinski definition) is 5. The Balaban J connectivity index is 1.88. The molecule has 0 atom stereocenters. The molecule has 1 aromatic carbocycles. The summed E-state index contributed by atoms with van der Waals surface area (Å²) in [5.41, 5.74) is 1.82. The maximum atomic E-state index is 11.7. The first-order valence-corrected chi connectivity index (χ1v) is 7.53. The number of nitrogens with one attached hydrogen (secondary N) is 1. The summed E-state index contributed by atoms with van der Waals surface area (Å²) in [6.45, 7) is 2.06. The molecule has 5 nitrogen and oxygen atoms in total. The fourth-order valence-electron chi connectivity index (χ4n) is 1.70. The van der Waals surface area contributed by atoms with Crippen LogP contribution in [0.2, 0.25) is 0 Å². The molecule has 0 aliphatic carbocycles. The first kappa shape index (κ1) is 15.2. The predicted molar refractivity (Wildman–Crippen MR) is 82.0 cm³/mol. The zero-order valence-electron chi connectivity index (χ0n) is 11.7. The highest BCUT2D eigenvalue weighted by molar-refractivity contribution is 7.14. The highest BCUT2D eigenvalue weighted by atomic mass is 32.1. The number of benzene rings is 1. The van der Waals surface area contributed by atoms with Crippen LogP contribution >= 0.6 is 11.3 Å². The molecule has 0 unspecified atom stereocenters. The van der Waals surface area contributed by atoms with Crippen molar-refractivity contribution in [2.24, 2.45) is 0 Å². The first-order chi connectivity index (χ1) is 10.2. The predicted octanol–water partition coefficient (Wildman–Crippen LogP) is 3.09. The van der Waals surface area contributed by atoms with Crippen LogP contribution in [-0.4, -0.2) is 23.5 Å². The zero-order chi connectivity index (χ0) is 15.1. The van der Waals surface area contributed by atoms with Gasteiger partial charge >= 0.3 is 5.97 Å². The van der Waals surface area contributed by atoms with E-state index in [4.69, 9.17) is 4.74 Å². The minimum Gasteiger partial charge on any atom is -0.466 e. The van der Waals surface area contributed by atoms with E-state index in [1.165, 1.54) is 11.3 Å². The van der Waals surface area contributed by atoms with Crippen molar-refractivity contribution in [3.05, 3.63) is 35.7 Å². The molecule has 110 valence electrons. The van der Waals surface area contributed by atoms with Crippen LogP contribution in [0, 0.1) is 0 Å². The third-order valence-corrected chi connectivity index (χ3v) is 3.44. The summed E-state index contributed by atoms with van der Waals surface area (Å²) in [7, 11) is 0. The lowest BCUT2D eigenvalue weighted by Crippen LogP contribution is -2.14. The SMILES string of the molecule is CCOC(=O)CCC(=O)Nc1nc(-c2ccccc2)cs1. The van der Waals surface area contributed by atoms with Gasteiger partial charge in [-0.3, -0.25) is 9.59 Å². The molecule has 0 saturated carbocycles. The molecule has 0 radical (unpaired) electrons. The molecule has 1 N–H and O–H groups in total. The van der Waals surface area contributed by atoms with Gasteiger partial charge < -0.3 is 10.1 Å². The van der Waals surface area contributed by atoms with Gasteiger partial charge in [-0.2, -0.15) is 0 Å². The summed E-state index contributed by atoms with van der Waals surface area (Å²) in [5.74, 6) is -0.603. The van der Waals surface area contributed by atoms with Crippen LogP contribution in [0.25, 0.3) is 11.3 Å². The summed E-state index contributed by atoms with van der Waals surface area (Å²) in [6.07, 6.45) is 0.176. The standard InChI is InChI=1S/C15H16N2O3S/c1-2-20-14(19)9-8-13(18)17-15-16-12(10-21-15)11-6-4-3-5-7-11/h3-7,10H,2,8-9H2,1H3,(H,16,17,18). The molecular formula is C15H16N2O3S. The molecule has 1 heterocycles. The van der Waals surface area contributed by atoms with Gasteiger partial charge in [-0.15, -0.1) is 11.3 Å². The Kier molecular flexibility index (Phi) is 5.45. The quantitative estimate of drug-likeness (QED) is 0.833. The number of aromatic nitrogens is 1. The molecule has 0 fully saturated rings. The maximum Gasteiger partial charge on any atom is 0.306 e. The number of anilines is 1. The normalized spacial score (nSPS) is 10.1. The highest BCUT2D eigenvalue weighted by Gasteiger charge is 2.10. The fraction of sp³-hybridized carbons (Fsp3) is 0.267. The van der Waals surface area contributed by atoms with Crippen molar-refractivity contribution in [2.45, 2.75) is 19.8 Å². The fourth-order valence-corrected chi connectivity index (χ4v) is 2.44. The number of carbonyl (C=O) groups excluding carboxylic acids is 2. The zero-order valence-corrected chi connectivity index (χ0v) is 12.5. The van der Waals surface area contributed by atoms with E-state index >= 15 is 0 Å². The second-order valence-corrected chi connectivity index (χ2v) is 5.12. The average Bonchev–Trinajstić information content (AvgIpc) is 2.95. The summed E-state index contributed by atoms with van der Waals surface area (Å²) >= 11 is 1.36. The van der Waals surface area contributed by atoms with Crippen molar-refractivity contribution in [1.29, 1.82) is 0 Å². The number of thiazole rings is 1. The van der Waals surface area contributed by atoms with Crippen LogP contribution in [0.3, 0.4) is 0 Å². The van der Waals surface area contributed by atoms with Crippen LogP contribution in [0.4, 0.5) is 5.13 Å². The number of ether oxygens (including phenoxy) is 1. The number of amides is 1. The van der Waals surface area contributed by atoms with E-state index in [2.05, 4.69) is 10.3 Å². The third kappa shape index (κ3) is 4.68. The van der Waals surface area contributed by atoms with Gasteiger partial charge in [0.2, 0.25) is 5.91 Å². The van der Waals surface area contributed by atoms with E-state index in [9.17, 15) is 9.59 Å². The van der Waals surface area contributed by atoms with Crippen molar-refractivity contribution >= 4 is 28.3 Å². The Morgan fingerprint density at radius 2 is 2.00 bits per heavy atom. The molecule has 0 aliphatic rings. The van der Waals surface area contributed by atoms with Crippen molar-refractivity contribution < 1.29 is 14.3 Å². The molecule has 0 bridgehead atoms. The van der Waals surface area contributed by atoms with Crippen LogP contribution in [0.1, 0.15) is 19.8 Å². The minimum absolute atomic E-state index is 0.0800. The van der Waals surface area contributed by atoms with Crippen LogP contribution in [0.15, 0.2) is 35.7 Å². The molecule has 21 heavy (non-hydrogen) atoms. The van der Waals surface area contributed by atoms with E-state index < -0.39 is 0 Å². The summed E-state index contributed by atoms with van der Waals surface area (Å²) in [6, 6.07) is 9.73. The van der Waals surface area contributed by atoms with Crippen molar-refractivity contribution in [3.63, 3.8) is 0 Å². The average molecular weight is 304 g/mol. The summed E-state index contributed by atoms with van der Waals surface area (Å²) < 4.78 is 4.77. The third-order valence-electron chi connectivity index (χ3n) is 2.68. The summed E-state index contributed by atoms with van der Waals surface area (Å²) in [5, 5.41) is 5.11. The lowest BCUT2D eigenvalue weighted by molar-refractivity contribution is -0.144. The Bertz CT molecular complexity index is 610. The van der Waals surface area contributed by atoms with Crippen molar-refractivity contribution in [2.75, 3.05) is 11.9 Å². The van der Waals surface area contributed by atoms with E-state index in [0.717, 1.165) is 11.3 Å². The Hall–Kier alpha value is -2.21. The lowest BCUT2D eigenvalue weighted by atomic mass is 10.2. The highest BCUT2D eigenvalue weighted by Crippen LogP contribution is 2.24. The number of nitrogens with zero attached hydrogens (tertiary/aromatic N) is 1. The number of rotatable bonds is 6. The Morgan fingerprint density at radius 1 is 1.24 bits per heavy atom. The van der Waals surface area contributed by atoms with Crippen LogP contribution < -0.4 is 5.32 Å². The minimum atomic E-state index is -0.364. The van der Waals surface area contributed by atoms with Gasteiger partial charge in [-0.1, -0.05) is 30.3 Å². The Labute approximate surface area is 127 Å². The van der Waals surface area contributed by atoms with Crippen LogP contribution in [-0.2, 0) is 14.3 Å². The molecule has 1 aromatic heterocycles. The summed E-state index contributed by atoms with van der Waals surface area (Å²) in [4.78, 5) is 27.2. The maximum absolute atomic E-state index is 11.7. The van der Waals surface area contributed by atoms with Gasteiger partial charge in [0.05, 0.1) is 18.7 Å². The van der Waals surface area contributed by atoms with E-state index in [1.807, 2.05) is 35.7 Å². The van der Waals surface area contributed by atoms with Gasteiger partial charge in [0.15, 0.2) is 5.13 Å². The first-order valence-electron chi connectivity index (χ1n) is 6.65. The van der Waals surface area contributed by atoms with Gasteiger partial charge in [0.1, 0.15) is 0 Å². The van der Waals surface area contributed by atoms with Crippen LogP contribution in [0.5, 0.6) is 0 Å². The van der Waals surface area contributed by atoms with E-state index in [1.54, 1.807) is 6.92 Å². The Morgan fingerprint density at radius 3 is 2.71 bits per heavy atom. The molecule has 0 spiro atoms. The second-order valence-electron chi connectivity index (χ2n) is 4.26. The molecule has 1 amide bonds. The van der Waals surface area contributed by atoms with Crippen molar-refractivity contribution in [1.82, 2.24) is 4.98 Å². The van der Waals surface area contributed by atoms with E-state index in [-0.39, 0.29) is 24.7 Å². The van der Waals surface area contributed by atoms with E-state index in [0.29, 0.717) is 11.7 Å². The monoisotopic (exact) mass is 304 g/mol. The molecule has 6 heteroatoms. The second kappa shape index (κ2) is 7.54. The number of esters is 1. The number of hydrogen-bond donors (Lipinski definition) is 1. The molecule has 0 saturated heterocycles.